The van der Waals surface area contributed by atoms with Gasteiger partial charge >= 0.3 is 5.97 Å². The Morgan fingerprint density at radius 3 is 2.73 bits per heavy atom. The summed E-state index contributed by atoms with van der Waals surface area (Å²) in [7, 11) is 1.64. The number of carboxylic acids is 1. The van der Waals surface area contributed by atoms with Gasteiger partial charge in [0, 0.05) is 25.1 Å². The minimum atomic E-state index is -0.806. The van der Waals surface area contributed by atoms with E-state index in [9.17, 15) is 9.59 Å². The molecule has 1 heterocycles. The van der Waals surface area contributed by atoms with E-state index in [1.54, 1.807) is 7.11 Å². The SMILES string of the molecule is COc1ccc2c(c1)CCCCN2C(=O)CCCCC(=O)O. The van der Waals surface area contributed by atoms with E-state index in [1.165, 1.54) is 0 Å². The number of fused-ring (bicyclic) bond motifs is 1. The molecule has 1 aromatic rings. The van der Waals surface area contributed by atoms with Crippen molar-refractivity contribution >= 4 is 17.6 Å². The zero-order valence-electron chi connectivity index (χ0n) is 13.0. The number of rotatable bonds is 6. The van der Waals surface area contributed by atoms with E-state index >= 15 is 0 Å². The molecule has 2 rings (SSSR count). The standard InChI is InChI=1S/C17H23NO4/c1-22-14-9-10-15-13(12-14)6-4-5-11-18(15)16(19)7-2-3-8-17(20)21/h9-10,12H,2-8,11H2,1H3,(H,20,21). The molecule has 1 aliphatic rings. The van der Waals surface area contributed by atoms with Crippen LogP contribution in [0.5, 0.6) is 5.75 Å². The highest BCUT2D eigenvalue weighted by molar-refractivity contribution is 5.94. The molecule has 22 heavy (non-hydrogen) atoms. The molecule has 0 atom stereocenters. The number of carbonyl (C=O) groups excluding carboxylic acids is 1. The average molecular weight is 305 g/mol. The molecule has 0 radical (unpaired) electrons. The number of aliphatic carboxylic acids is 1. The van der Waals surface area contributed by atoms with Gasteiger partial charge in [-0.1, -0.05) is 0 Å². The molecule has 0 unspecified atom stereocenters. The van der Waals surface area contributed by atoms with Crippen LogP contribution in [-0.4, -0.2) is 30.6 Å². The lowest BCUT2D eigenvalue weighted by molar-refractivity contribution is -0.137. The van der Waals surface area contributed by atoms with Gasteiger partial charge in [0.25, 0.3) is 0 Å². The van der Waals surface area contributed by atoms with Gasteiger partial charge in [-0.3, -0.25) is 9.59 Å². The lowest BCUT2D eigenvalue weighted by Gasteiger charge is -2.23. The van der Waals surface area contributed by atoms with Gasteiger partial charge in [0.2, 0.25) is 5.91 Å². The van der Waals surface area contributed by atoms with Gasteiger partial charge in [0.05, 0.1) is 7.11 Å². The normalized spacial score (nSPS) is 14.1. The summed E-state index contributed by atoms with van der Waals surface area (Å²) in [5, 5.41) is 8.64. The van der Waals surface area contributed by atoms with Crippen LogP contribution in [0.3, 0.4) is 0 Å². The summed E-state index contributed by atoms with van der Waals surface area (Å²) >= 11 is 0. The van der Waals surface area contributed by atoms with Crippen LogP contribution in [0.4, 0.5) is 5.69 Å². The lowest BCUT2D eigenvalue weighted by atomic mass is 10.1. The Morgan fingerprint density at radius 2 is 2.00 bits per heavy atom. The summed E-state index contributed by atoms with van der Waals surface area (Å²) < 4.78 is 5.26. The van der Waals surface area contributed by atoms with E-state index in [1.807, 2.05) is 23.1 Å². The maximum absolute atomic E-state index is 12.5. The van der Waals surface area contributed by atoms with Gasteiger partial charge in [-0.25, -0.2) is 0 Å². The number of hydrogen-bond acceptors (Lipinski definition) is 3. The second-order valence-electron chi connectivity index (χ2n) is 5.60. The van der Waals surface area contributed by atoms with E-state index in [0.717, 1.165) is 42.8 Å². The fourth-order valence-electron chi connectivity index (χ4n) is 2.80. The number of nitrogens with zero attached hydrogens (tertiary/aromatic N) is 1. The maximum Gasteiger partial charge on any atom is 0.303 e. The van der Waals surface area contributed by atoms with Crippen LogP contribution in [0, 0.1) is 0 Å². The van der Waals surface area contributed by atoms with Crippen molar-refractivity contribution < 1.29 is 19.4 Å². The number of carboxylic acid groups (broad SMARTS) is 1. The van der Waals surface area contributed by atoms with Crippen molar-refractivity contribution in [3.05, 3.63) is 23.8 Å². The molecule has 0 aromatic heterocycles. The summed E-state index contributed by atoms with van der Waals surface area (Å²) in [6.45, 7) is 0.733. The summed E-state index contributed by atoms with van der Waals surface area (Å²) in [5.74, 6) is 0.0906. The molecule has 1 aromatic carbocycles. The molecule has 1 amide bonds. The van der Waals surface area contributed by atoms with Gasteiger partial charge in [0.15, 0.2) is 0 Å². The summed E-state index contributed by atoms with van der Waals surface area (Å²) in [5.41, 5.74) is 2.12. The van der Waals surface area contributed by atoms with Gasteiger partial charge in [0.1, 0.15) is 5.75 Å². The highest BCUT2D eigenvalue weighted by atomic mass is 16.5. The fourth-order valence-corrected chi connectivity index (χ4v) is 2.80. The van der Waals surface area contributed by atoms with E-state index in [-0.39, 0.29) is 12.3 Å². The van der Waals surface area contributed by atoms with Crippen molar-refractivity contribution in [3.63, 3.8) is 0 Å². The molecule has 5 heteroatoms. The average Bonchev–Trinajstić information content (AvgIpc) is 2.72. The monoisotopic (exact) mass is 305 g/mol. The lowest BCUT2D eigenvalue weighted by Crippen LogP contribution is -2.31. The van der Waals surface area contributed by atoms with Crippen LogP contribution in [-0.2, 0) is 16.0 Å². The van der Waals surface area contributed by atoms with Crippen LogP contribution in [0.2, 0.25) is 0 Å². The van der Waals surface area contributed by atoms with Crippen LogP contribution in [0.15, 0.2) is 18.2 Å². The molecule has 0 saturated carbocycles. The van der Waals surface area contributed by atoms with E-state index in [0.29, 0.717) is 19.3 Å². The molecule has 5 nitrogen and oxygen atoms in total. The van der Waals surface area contributed by atoms with Gasteiger partial charge in [-0.2, -0.15) is 0 Å². The highest BCUT2D eigenvalue weighted by Crippen LogP contribution is 2.30. The second-order valence-corrected chi connectivity index (χ2v) is 5.60. The predicted octanol–water partition coefficient (Wildman–Crippen LogP) is 3.01. The predicted molar refractivity (Wildman–Crippen MR) is 84.4 cm³/mol. The van der Waals surface area contributed by atoms with E-state index in [2.05, 4.69) is 0 Å². The minimum absolute atomic E-state index is 0.0821. The molecule has 0 saturated heterocycles. The molecule has 1 aliphatic heterocycles. The number of amides is 1. The third-order valence-electron chi connectivity index (χ3n) is 3.99. The number of hydrogen-bond donors (Lipinski definition) is 1. The smallest absolute Gasteiger partial charge is 0.303 e. The molecule has 0 spiro atoms. The Kier molecular flexibility index (Phi) is 5.81. The number of aryl methyl sites for hydroxylation is 1. The Hall–Kier alpha value is -2.04. The van der Waals surface area contributed by atoms with Crippen LogP contribution in [0.1, 0.15) is 44.1 Å². The quantitative estimate of drug-likeness (QED) is 0.820. The summed E-state index contributed by atoms with van der Waals surface area (Å²) in [6, 6.07) is 5.84. The Balaban J connectivity index is 2.04. The van der Waals surface area contributed by atoms with Crippen molar-refractivity contribution in [2.45, 2.75) is 44.9 Å². The number of methoxy groups -OCH3 is 1. The van der Waals surface area contributed by atoms with Crippen LogP contribution >= 0.6 is 0 Å². The Labute approximate surface area is 130 Å². The number of unbranched alkanes of at least 4 members (excludes halogenated alkanes) is 1. The zero-order valence-corrected chi connectivity index (χ0v) is 13.0. The zero-order chi connectivity index (χ0) is 15.9. The highest BCUT2D eigenvalue weighted by Gasteiger charge is 2.21. The van der Waals surface area contributed by atoms with Crippen molar-refractivity contribution in [1.82, 2.24) is 0 Å². The Morgan fingerprint density at radius 1 is 1.23 bits per heavy atom. The Bertz CT molecular complexity index is 541. The summed E-state index contributed by atoms with van der Waals surface area (Å²) in [4.78, 5) is 24.8. The first-order valence-electron chi connectivity index (χ1n) is 7.81. The number of anilines is 1. The molecule has 0 aliphatic carbocycles. The van der Waals surface area contributed by atoms with Gasteiger partial charge in [-0.15, -0.1) is 0 Å². The number of carbonyl (C=O) groups is 2. The van der Waals surface area contributed by atoms with Gasteiger partial charge in [-0.05, 0) is 55.9 Å². The maximum atomic E-state index is 12.5. The topological polar surface area (TPSA) is 66.8 Å². The largest absolute Gasteiger partial charge is 0.497 e. The third kappa shape index (κ3) is 4.23. The molecule has 0 bridgehead atoms. The summed E-state index contributed by atoms with van der Waals surface area (Å²) in [6.07, 6.45) is 4.69. The molecule has 0 fully saturated rings. The first kappa shape index (κ1) is 16.3. The first-order chi connectivity index (χ1) is 10.6. The van der Waals surface area contributed by atoms with Crippen molar-refractivity contribution in [1.29, 1.82) is 0 Å². The van der Waals surface area contributed by atoms with Crippen LogP contribution in [0.25, 0.3) is 0 Å². The first-order valence-corrected chi connectivity index (χ1v) is 7.81. The molecule has 1 N–H and O–H groups in total. The molecular formula is C17H23NO4. The number of ether oxygens (including phenoxy) is 1. The van der Waals surface area contributed by atoms with Crippen LogP contribution < -0.4 is 9.64 Å². The van der Waals surface area contributed by atoms with Crippen molar-refractivity contribution in [3.8, 4) is 5.75 Å². The molecular weight excluding hydrogens is 282 g/mol. The third-order valence-corrected chi connectivity index (χ3v) is 3.99. The minimum Gasteiger partial charge on any atom is -0.497 e. The molecule has 120 valence electrons. The number of benzene rings is 1. The second kappa shape index (κ2) is 7.82. The van der Waals surface area contributed by atoms with E-state index in [4.69, 9.17) is 9.84 Å². The van der Waals surface area contributed by atoms with Crippen molar-refractivity contribution in [2.24, 2.45) is 0 Å². The van der Waals surface area contributed by atoms with Crippen molar-refractivity contribution in [2.75, 3.05) is 18.6 Å². The van der Waals surface area contributed by atoms with E-state index < -0.39 is 5.97 Å². The fraction of sp³-hybridized carbons (Fsp3) is 0.529. The van der Waals surface area contributed by atoms with Gasteiger partial charge < -0.3 is 14.7 Å².